The summed E-state index contributed by atoms with van der Waals surface area (Å²) in [7, 11) is 2.09. The van der Waals surface area contributed by atoms with Crippen LogP contribution in [-0.4, -0.2) is 52.1 Å². The Morgan fingerprint density at radius 2 is 2.17 bits per heavy atom. The Morgan fingerprint density at radius 3 is 2.78 bits per heavy atom. The van der Waals surface area contributed by atoms with Gasteiger partial charge in [-0.25, -0.2) is 0 Å². The predicted octanol–water partition coefficient (Wildman–Crippen LogP) is 1.43. The first kappa shape index (κ1) is 13.3. The van der Waals surface area contributed by atoms with Crippen LogP contribution in [0, 0.1) is 0 Å². The minimum absolute atomic E-state index is 0.00827. The highest BCUT2D eigenvalue weighted by molar-refractivity contribution is 6.28. The van der Waals surface area contributed by atoms with Crippen molar-refractivity contribution in [1.82, 2.24) is 19.9 Å². The number of likely N-dealkylation sites (N-methyl/N-ethyl adjacent to an activating group) is 1. The Bertz CT molecular complexity index is 414. The van der Waals surface area contributed by atoms with Crippen molar-refractivity contribution in [2.45, 2.75) is 32.4 Å². The van der Waals surface area contributed by atoms with Crippen LogP contribution >= 0.6 is 11.6 Å². The van der Waals surface area contributed by atoms with Crippen LogP contribution in [0.5, 0.6) is 6.01 Å². The Hall–Kier alpha value is -1.14. The molecule has 1 aliphatic heterocycles. The molecule has 6 nitrogen and oxygen atoms in total. The molecule has 0 bridgehead atoms. The van der Waals surface area contributed by atoms with Crippen molar-refractivity contribution in [1.29, 1.82) is 0 Å². The first-order valence-electron chi connectivity index (χ1n) is 6.06. The fourth-order valence-corrected chi connectivity index (χ4v) is 2.05. The smallest absolute Gasteiger partial charge is 0.322 e. The fraction of sp³-hybridized carbons (Fsp3) is 0.727. The maximum absolute atomic E-state index is 5.85. The zero-order chi connectivity index (χ0) is 13.1. The second-order valence-electron chi connectivity index (χ2n) is 4.77. The average molecular weight is 272 g/mol. The summed E-state index contributed by atoms with van der Waals surface area (Å²) < 4.78 is 5.42. The van der Waals surface area contributed by atoms with Crippen LogP contribution in [-0.2, 0) is 0 Å². The van der Waals surface area contributed by atoms with E-state index in [9.17, 15) is 0 Å². The fourth-order valence-electron chi connectivity index (χ4n) is 1.90. The molecule has 100 valence electrons. The third kappa shape index (κ3) is 3.68. The number of hydrogen-bond donors (Lipinski definition) is 1. The Labute approximate surface area is 112 Å². The molecule has 1 saturated heterocycles. The van der Waals surface area contributed by atoms with Crippen LogP contribution < -0.4 is 10.1 Å². The summed E-state index contributed by atoms with van der Waals surface area (Å²) >= 11 is 5.85. The van der Waals surface area contributed by atoms with Gasteiger partial charge in [-0.3, -0.25) is 0 Å². The molecular weight excluding hydrogens is 254 g/mol. The number of anilines is 1. The number of hydrogen-bond acceptors (Lipinski definition) is 6. The molecule has 1 aromatic rings. The summed E-state index contributed by atoms with van der Waals surface area (Å²) in [6.07, 6.45) is 1.08. The van der Waals surface area contributed by atoms with Gasteiger partial charge in [-0.15, -0.1) is 0 Å². The summed E-state index contributed by atoms with van der Waals surface area (Å²) in [4.78, 5) is 14.5. The molecule has 2 heterocycles. The molecule has 1 aromatic heterocycles. The van der Waals surface area contributed by atoms with E-state index in [1.807, 2.05) is 13.8 Å². The number of nitrogens with one attached hydrogen (secondary N) is 1. The molecule has 0 radical (unpaired) electrons. The van der Waals surface area contributed by atoms with E-state index in [2.05, 4.69) is 32.2 Å². The zero-order valence-electron chi connectivity index (χ0n) is 10.9. The number of nitrogens with zero attached hydrogens (tertiary/aromatic N) is 4. The molecule has 1 N–H and O–H groups in total. The topological polar surface area (TPSA) is 63.2 Å². The normalized spacial score (nSPS) is 20.4. The number of rotatable bonds is 4. The van der Waals surface area contributed by atoms with Crippen molar-refractivity contribution < 1.29 is 4.74 Å². The highest BCUT2D eigenvalue weighted by Gasteiger charge is 2.20. The third-order valence-electron chi connectivity index (χ3n) is 2.65. The quantitative estimate of drug-likeness (QED) is 0.894. The highest BCUT2D eigenvalue weighted by Crippen LogP contribution is 2.16. The summed E-state index contributed by atoms with van der Waals surface area (Å²) in [6, 6.07) is 0.610. The molecule has 1 unspecified atom stereocenters. The molecular formula is C11H18ClN5O. The van der Waals surface area contributed by atoms with Gasteiger partial charge in [0.1, 0.15) is 0 Å². The van der Waals surface area contributed by atoms with Crippen LogP contribution in [0.1, 0.15) is 20.3 Å². The number of halogens is 1. The molecule has 0 aromatic carbocycles. The molecule has 1 atom stereocenters. The minimum atomic E-state index is 0.00827. The van der Waals surface area contributed by atoms with Crippen LogP contribution in [0.4, 0.5) is 5.95 Å². The van der Waals surface area contributed by atoms with E-state index >= 15 is 0 Å². The van der Waals surface area contributed by atoms with Crippen LogP contribution in [0.25, 0.3) is 0 Å². The Balaban J connectivity index is 2.05. The first-order chi connectivity index (χ1) is 8.52. The largest absolute Gasteiger partial charge is 0.461 e. The summed E-state index contributed by atoms with van der Waals surface area (Å²) in [5.74, 6) is 0.478. The lowest BCUT2D eigenvalue weighted by Crippen LogP contribution is -2.25. The zero-order valence-corrected chi connectivity index (χ0v) is 11.6. The van der Waals surface area contributed by atoms with Crippen LogP contribution in [0.15, 0.2) is 0 Å². The van der Waals surface area contributed by atoms with Gasteiger partial charge in [0, 0.05) is 12.6 Å². The van der Waals surface area contributed by atoms with Crippen LogP contribution in [0.2, 0.25) is 5.28 Å². The van der Waals surface area contributed by atoms with Gasteiger partial charge in [-0.2, -0.15) is 15.0 Å². The average Bonchev–Trinajstić information content (AvgIpc) is 2.61. The van der Waals surface area contributed by atoms with E-state index in [0.29, 0.717) is 12.0 Å². The van der Waals surface area contributed by atoms with E-state index in [0.717, 1.165) is 19.5 Å². The van der Waals surface area contributed by atoms with Crippen LogP contribution in [0.3, 0.4) is 0 Å². The second kappa shape index (κ2) is 5.67. The van der Waals surface area contributed by atoms with Gasteiger partial charge in [0.15, 0.2) is 0 Å². The standard InChI is InChI=1S/C11H18ClN5O/c1-7(2)18-11-15-9(12)14-10(16-11)13-8-4-5-17(3)6-8/h7-8H,4-6H2,1-3H3,(H,13,14,15,16). The van der Waals surface area contributed by atoms with E-state index in [1.54, 1.807) is 0 Å². The van der Waals surface area contributed by atoms with Crippen molar-refractivity contribution >= 4 is 17.5 Å². The van der Waals surface area contributed by atoms with Gasteiger partial charge >= 0.3 is 6.01 Å². The van der Waals surface area contributed by atoms with Crippen molar-refractivity contribution in [2.75, 3.05) is 25.5 Å². The monoisotopic (exact) mass is 271 g/mol. The molecule has 1 aliphatic rings. The third-order valence-corrected chi connectivity index (χ3v) is 2.82. The van der Waals surface area contributed by atoms with Crippen molar-refractivity contribution in [3.8, 4) is 6.01 Å². The van der Waals surface area contributed by atoms with E-state index in [-0.39, 0.29) is 17.4 Å². The molecule has 0 aliphatic carbocycles. The van der Waals surface area contributed by atoms with Gasteiger partial charge in [-0.1, -0.05) is 0 Å². The lowest BCUT2D eigenvalue weighted by atomic mass is 10.3. The maximum atomic E-state index is 5.85. The maximum Gasteiger partial charge on any atom is 0.322 e. The van der Waals surface area contributed by atoms with E-state index < -0.39 is 0 Å². The van der Waals surface area contributed by atoms with Gasteiger partial charge in [0.2, 0.25) is 11.2 Å². The Morgan fingerprint density at radius 1 is 1.39 bits per heavy atom. The molecule has 18 heavy (non-hydrogen) atoms. The molecule has 7 heteroatoms. The first-order valence-corrected chi connectivity index (χ1v) is 6.44. The van der Waals surface area contributed by atoms with Crippen molar-refractivity contribution in [3.05, 3.63) is 5.28 Å². The number of aromatic nitrogens is 3. The number of ether oxygens (including phenoxy) is 1. The molecule has 0 amide bonds. The van der Waals surface area contributed by atoms with Crippen molar-refractivity contribution in [3.63, 3.8) is 0 Å². The van der Waals surface area contributed by atoms with Gasteiger partial charge < -0.3 is 15.0 Å². The molecule has 0 spiro atoms. The highest BCUT2D eigenvalue weighted by atomic mass is 35.5. The van der Waals surface area contributed by atoms with Gasteiger partial charge in [0.25, 0.3) is 0 Å². The van der Waals surface area contributed by atoms with Crippen molar-refractivity contribution in [2.24, 2.45) is 0 Å². The van der Waals surface area contributed by atoms with E-state index in [4.69, 9.17) is 16.3 Å². The Kier molecular flexibility index (Phi) is 4.19. The second-order valence-corrected chi connectivity index (χ2v) is 5.11. The summed E-state index contributed by atoms with van der Waals surface area (Å²) in [6.45, 7) is 5.88. The minimum Gasteiger partial charge on any atom is -0.461 e. The molecule has 0 saturated carbocycles. The molecule has 1 fully saturated rings. The molecule has 2 rings (SSSR count). The van der Waals surface area contributed by atoms with Gasteiger partial charge in [-0.05, 0) is 45.5 Å². The van der Waals surface area contributed by atoms with Gasteiger partial charge in [0.05, 0.1) is 6.10 Å². The van der Waals surface area contributed by atoms with E-state index in [1.165, 1.54) is 0 Å². The predicted molar refractivity (Wildman–Crippen MR) is 70.1 cm³/mol. The summed E-state index contributed by atoms with van der Waals surface area (Å²) in [5.41, 5.74) is 0. The lowest BCUT2D eigenvalue weighted by Gasteiger charge is -2.14. The SMILES string of the molecule is CC(C)Oc1nc(Cl)nc(NC2CCN(C)C2)n1. The summed E-state index contributed by atoms with van der Waals surface area (Å²) in [5, 5.41) is 3.41. The number of likely N-dealkylation sites (tertiary alicyclic amines) is 1. The lowest BCUT2D eigenvalue weighted by molar-refractivity contribution is 0.222.